The van der Waals surface area contributed by atoms with Gasteiger partial charge in [0.15, 0.2) is 0 Å². The molecule has 0 spiro atoms. The van der Waals surface area contributed by atoms with Crippen molar-refractivity contribution in [3.05, 3.63) is 46.4 Å². The summed E-state index contributed by atoms with van der Waals surface area (Å²) < 4.78 is 2.99. The monoisotopic (exact) mass is 337 g/mol. The lowest BCUT2D eigenvalue weighted by molar-refractivity contribution is 0.462. The molecule has 0 atom stereocenters. The smallest absolute Gasteiger partial charge is 0.239 e. The van der Waals surface area contributed by atoms with Gasteiger partial charge in [0, 0.05) is 21.5 Å². The molecule has 0 aliphatic rings. The first kappa shape index (κ1) is 10.5. The van der Waals surface area contributed by atoms with Gasteiger partial charge in [-0.2, -0.15) is 4.98 Å². The van der Waals surface area contributed by atoms with Crippen LogP contribution < -0.4 is 0 Å². The second-order valence-corrected chi connectivity index (χ2v) is 4.84. The molecule has 3 aromatic rings. The second-order valence-electron chi connectivity index (χ2n) is 3.60. The summed E-state index contributed by atoms with van der Waals surface area (Å²) in [7, 11) is 0. The van der Waals surface area contributed by atoms with E-state index in [-0.39, 0.29) is 5.88 Å². The third-order valence-corrected chi connectivity index (χ3v) is 3.25. The van der Waals surface area contributed by atoms with Gasteiger partial charge in [-0.25, -0.2) is 0 Å². The van der Waals surface area contributed by atoms with Gasteiger partial charge in [0.05, 0.1) is 6.20 Å². The highest BCUT2D eigenvalue weighted by Gasteiger charge is 2.11. The molecular formula is C12H8IN3O. The number of nitrogens with zero attached hydrogens (tertiary/aromatic N) is 3. The normalized spacial score (nSPS) is 10.9. The predicted octanol–water partition coefficient (Wildman–Crippen LogP) is 2.71. The Labute approximate surface area is 111 Å². The van der Waals surface area contributed by atoms with Crippen molar-refractivity contribution < 1.29 is 5.11 Å². The fraction of sp³-hybridized carbons (Fsp3) is 0. The number of aromatic hydroxyl groups is 1. The predicted molar refractivity (Wildman–Crippen MR) is 72.8 cm³/mol. The van der Waals surface area contributed by atoms with E-state index in [2.05, 4.69) is 32.6 Å². The van der Waals surface area contributed by atoms with E-state index in [4.69, 9.17) is 0 Å². The lowest BCUT2D eigenvalue weighted by atomic mass is 10.2. The Hall–Kier alpha value is -1.63. The van der Waals surface area contributed by atoms with Crippen LogP contribution >= 0.6 is 22.6 Å². The van der Waals surface area contributed by atoms with Crippen LogP contribution in [0.5, 0.6) is 5.88 Å². The average molecular weight is 337 g/mol. The van der Waals surface area contributed by atoms with Gasteiger partial charge in [-0.1, -0.05) is 12.1 Å². The molecule has 0 aliphatic carbocycles. The fourth-order valence-electron chi connectivity index (χ4n) is 1.73. The maximum atomic E-state index is 9.73. The minimum Gasteiger partial charge on any atom is -0.492 e. The maximum Gasteiger partial charge on any atom is 0.239 e. The van der Waals surface area contributed by atoms with Gasteiger partial charge in [0.25, 0.3) is 0 Å². The molecule has 0 saturated heterocycles. The number of hydrogen-bond donors (Lipinski definition) is 1. The zero-order valence-electron chi connectivity index (χ0n) is 8.71. The Kier molecular flexibility index (Phi) is 2.47. The van der Waals surface area contributed by atoms with Crippen LogP contribution in [0.3, 0.4) is 0 Å². The summed E-state index contributed by atoms with van der Waals surface area (Å²) in [5.74, 6) is 0.725. The molecule has 4 nitrogen and oxygen atoms in total. The molecule has 0 amide bonds. The molecule has 2 aromatic heterocycles. The second kappa shape index (κ2) is 3.99. The van der Waals surface area contributed by atoms with E-state index in [0.717, 1.165) is 15.0 Å². The summed E-state index contributed by atoms with van der Waals surface area (Å²) in [6.07, 6.45) is 5.05. The molecule has 0 aliphatic heterocycles. The van der Waals surface area contributed by atoms with Crippen molar-refractivity contribution in [1.82, 2.24) is 14.4 Å². The first-order valence-corrected chi connectivity index (χ1v) is 6.10. The molecule has 5 heteroatoms. The molecule has 0 saturated carbocycles. The van der Waals surface area contributed by atoms with Gasteiger partial charge >= 0.3 is 0 Å². The van der Waals surface area contributed by atoms with Crippen molar-refractivity contribution in [2.75, 3.05) is 0 Å². The van der Waals surface area contributed by atoms with Gasteiger partial charge in [0.2, 0.25) is 5.88 Å². The molecule has 2 heterocycles. The quantitative estimate of drug-likeness (QED) is 0.695. The minimum atomic E-state index is 0.00616. The van der Waals surface area contributed by atoms with Crippen molar-refractivity contribution in [3.63, 3.8) is 0 Å². The van der Waals surface area contributed by atoms with Crippen molar-refractivity contribution in [1.29, 1.82) is 0 Å². The van der Waals surface area contributed by atoms with Gasteiger partial charge in [0.1, 0.15) is 11.3 Å². The molecule has 84 valence electrons. The van der Waals surface area contributed by atoms with Crippen LogP contribution in [0.1, 0.15) is 0 Å². The molecule has 0 radical (unpaired) electrons. The Morgan fingerprint density at radius 3 is 2.71 bits per heavy atom. The van der Waals surface area contributed by atoms with Gasteiger partial charge in [-0.15, -0.1) is 0 Å². The maximum absolute atomic E-state index is 9.73. The zero-order chi connectivity index (χ0) is 11.8. The SMILES string of the molecule is Oc1nc(-c2ccc(I)cc2)n2ccncc12. The molecule has 0 bridgehead atoms. The van der Waals surface area contributed by atoms with Crippen LogP contribution in [0.2, 0.25) is 0 Å². The van der Waals surface area contributed by atoms with Gasteiger partial charge in [-0.3, -0.25) is 9.38 Å². The van der Waals surface area contributed by atoms with Crippen LogP contribution in [0, 0.1) is 3.57 Å². The first-order valence-electron chi connectivity index (χ1n) is 5.02. The van der Waals surface area contributed by atoms with Crippen molar-refractivity contribution in [3.8, 4) is 17.3 Å². The highest BCUT2D eigenvalue weighted by molar-refractivity contribution is 14.1. The summed E-state index contributed by atoms with van der Waals surface area (Å²) in [6, 6.07) is 7.98. The Balaban J connectivity index is 2.27. The third kappa shape index (κ3) is 1.76. The van der Waals surface area contributed by atoms with Crippen LogP contribution in [0.15, 0.2) is 42.9 Å². The molecule has 1 aromatic carbocycles. The molecule has 17 heavy (non-hydrogen) atoms. The third-order valence-electron chi connectivity index (χ3n) is 2.53. The van der Waals surface area contributed by atoms with E-state index < -0.39 is 0 Å². The summed E-state index contributed by atoms with van der Waals surface area (Å²) in [5, 5.41) is 9.73. The molecule has 0 unspecified atom stereocenters. The van der Waals surface area contributed by atoms with E-state index in [9.17, 15) is 5.11 Å². The highest BCUT2D eigenvalue weighted by Crippen LogP contribution is 2.25. The van der Waals surface area contributed by atoms with E-state index in [1.807, 2.05) is 28.7 Å². The first-order chi connectivity index (χ1) is 8.25. The van der Waals surface area contributed by atoms with Gasteiger partial charge in [-0.05, 0) is 34.7 Å². The van der Waals surface area contributed by atoms with E-state index in [1.165, 1.54) is 0 Å². The van der Waals surface area contributed by atoms with E-state index in [0.29, 0.717) is 5.52 Å². The van der Waals surface area contributed by atoms with Crippen molar-refractivity contribution >= 4 is 28.1 Å². The fourth-order valence-corrected chi connectivity index (χ4v) is 2.09. The van der Waals surface area contributed by atoms with Crippen molar-refractivity contribution in [2.45, 2.75) is 0 Å². The van der Waals surface area contributed by atoms with Crippen LogP contribution in [-0.4, -0.2) is 19.5 Å². The minimum absolute atomic E-state index is 0.00616. The summed E-state index contributed by atoms with van der Waals surface area (Å²) >= 11 is 2.25. The lowest BCUT2D eigenvalue weighted by Gasteiger charge is -2.00. The summed E-state index contributed by atoms with van der Waals surface area (Å²) in [5.41, 5.74) is 1.58. The highest BCUT2D eigenvalue weighted by atomic mass is 127. The number of benzene rings is 1. The Morgan fingerprint density at radius 1 is 1.18 bits per heavy atom. The van der Waals surface area contributed by atoms with Crippen molar-refractivity contribution in [2.24, 2.45) is 0 Å². The van der Waals surface area contributed by atoms with Gasteiger partial charge < -0.3 is 5.11 Å². The standard InChI is InChI=1S/C12H8IN3O/c13-9-3-1-8(2-4-9)11-15-12(17)10-7-14-5-6-16(10)11/h1-7,17H. The average Bonchev–Trinajstić information content (AvgIpc) is 2.69. The van der Waals surface area contributed by atoms with E-state index >= 15 is 0 Å². The summed E-state index contributed by atoms with van der Waals surface area (Å²) in [4.78, 5) is 8.14. The van der Waals surface area contributed by atoms with Crippen LogP contribution in [0.25, 0.3) is 16.9 Å². The van der Waals surface area contributed by atoms with E-state index in [1.54, 1.807) is 18.6 Å². The molecule has 3 rings (SSSR count). The summed E-state index contributed by atoms with van der Waals surface area (Å²) in [6.45, 7) is 0. The number of hydrogen-bond acceptors (Lipinski definition) is 3. The Morgan fingerprint density at radius 2 is 1.94 bits per heavy atom. The van der Waals surface area contributed by atoms with Crippen LogP contribution in [0.4, 0.5) is 0 Å². The Bertz CT molecular complexity index is 676. The topological polar surface area (TPSA) is 50.4 Å². The molecule has 0 fully saturated rings. The largest absolute Gasteiger partial charge is 0.492 e. The number of aromatic nitrogens is 3. The molecule has 1 N–H and O–H groups in total. The molecular weight excluding hydrogens is 329 g/mol. The zero-order valence-corrected chi connectivity index (χ0v) is 10.9. The lowest BCUT2D eigenvalue weighted by Crippen LogP contribution is -1.89. The number of imidazole rings is 1. The van der Waals surface area contributed by atoms with Crippen LogP contribution in [-0.2, 0) is 0 Å². The number of rotatable bonds is 1. The number of halogens is 1. The number of fused-ring (bicyclic) bond motifs is 1.